The minimum Gasteiger partial charge on any atom is -0.497 e. The third kappa shape index (κ3) is 4.89. The van der Waals surface area contributed by atoms with E-state index in [0.717, 1.165) is 12.2 Å². The van der Waals surface area contributed by atoms with Crippen LogP contribution in [0.25, 0.3) is 0 Å². The highest BCUT2D eigenvalue weighted by Gasteiger charge is 2.10. The normalized spacial score (nSPS) is 12.4. The van der Waals surface area contributed by atoms with Crippen LogP contribution in [0.4, 0.5) is 0 Å². The molecule has 0 aliphatic carbocycles. The summed E-state index contributed by atoms with van der Waals surface area (Å²) in [5.74, 6) is 0.906. The van der Waals surface area contributed by atoms with Gasteiger partial charge in [0, 0.05) is 0 Å². The van der Waals surface area contributed by atoms with Crippen LogP contribution in [0.2, 0.25) is 0 Å². The fourth-order valence-electron chi connectivity index (χ4n) is 2.21. The van der Waals surface area contributed by atoms with Gasteiger partial charge in [0.15, 0.2) is 0 Å². The predicted molar refractivity (Wildman–Crippen MR) is 79.7 cm³/mol. The van der Waals surface area contributed by atoms with Crippen LogP contribution in [0, 0.1) is 6.92 Å². The van der Waals surface area contributed by atoms with Crippen LogP contribution in [0.1, 0.15) is 62.0 Å². The van der Waals surface area contributed by atoms with Gasteiger partial charge in [-0.25, -0.2) is 0 Å². The summed E-state index contributed by atoms with van der Waals surface area (Å²) in [6.07, 6.45) is 7.56. The highest BCUT2D eigenvalue weighted by molar-refractivity contribution is 6.20. The van der Waals surface area contributed by atoms with Gasteiger partial charge in [-0.05, 0) is 36.6 Å². The van der Waals surface area contributed by atoms with E-state index in [2.05, 4.69) is 26.0 Å². The average Bonchev–Trinajstić information content (AvgIpc) is 2.38. The van der Waals surface area contributed by atoms with Crippen LogP contribution in [0.3, 0.4) is 0 Å². The smallest absolute Gasteiger partial charge is 0.119 e. The summed E-state index contributed by atoms with van der Waals surface area (Å²) in [6.45, 7) is 4.34. The van der Waals surface area contributed by atoms with Crippen molar-refractivity contribution >= 4 is 11.6 Å². The van der Waals surface area contributed by atoms with Crippen LogP contribution >= 0.6 is 11.6 Å². The van der Waals surface area contributed by atoms with Crippen molar-refractivity contribution in [2.45, 2.75) is 57.7 Å². The Morgan fingerprint density at radius 1 is 1.17 bits per heavy atom. The average molecular weight is 269 g/mol. The molecule has 0 aliphatic rings. The zero-order valence-corrected chi connectivity index (χ0v) is 12.6. The number of benzene rings is 1. The number of aryl methyl sites for hydroxylation is 1. The van der Waals surface area contributed by atoms with Crippen molar-refractivity contribution in [3.63, 3.8) is 0 Å². The van der Waals surface area contributed by atoms with E-state index in [1.807, 2.05) is 6.07 Å². The second kappa shape index (κ2) is 8.42. The Balaban J connectivity index is 2.43. The number of unbranched alkanes of at least 4 members (excludes halogenated alkanes) is 4. The molecule has 0 aliphatic heterocycles. The van der Waals surface area contributed by atoms with Gasteiger partial charge >= 0.3 is 0 Å². The number of halogens is 1. The van der Waals surface area contributed by atoms with Crippen molar-refractivity contribution in [2.75, 3.05) is 7.11 Å². The molecular formula is C16H25ClO. The molecule has 0 aromatic heterocycles. The summed E-state index contributed by atoms with van der Waals surface area (Å²) in [4.78, 5) is 0. The Hall–Kier alpha value is -0.690. The lowest BCUT2D eigenvalue weighted by molar-refractivity contribution is 0.414. The molecule has 102 valence electrons. The molecule has 0 saturated heterocycles. The lowest BCUT2D eigenvalue weighted by Gasteiger charge is -2.13. The molecule has 2 heteroatoms. The van der Waals surface area contributed by atoms with Crippen molar-refractivity contribution in [1.29, 1.82) is 0 Å². The maximum atomic E-state index is 6.48. The van der Waals surface area contributed by atoms with Gasteiger partial charge in [-0.2, -0.15) is 0 Å². The minimum absolute atomic E-state index is 0.137. The van der Waals surface area contributed by atoms with E-state index in [1.165, 1.54) is 43.2 Å². The van der Waals surface area contributed by atoms with Crippen molar-refractivity contribution in [2.24, 2.45) is 0 Å². The highest BCUT2D eigenvalue weighted by Crippen LogP contribution is 2.31. The Labute approximate surface area is 116 Å². The Kier molecular flexibility index (Phi) is 7.19. The molecule has 1 nitrogen and oxygen atoms in total. The monoisotopic (exact) mass is 268 g/mol. The molecule has 0 bridgehead atoms. The number of methoxy groups -OCH3 is 1. The van der Waals surface area contributed by atoms with Gasteiger partial charge in [0.1, 0.15) is 5.75 Å². The summed E-state index contributed by atoms with van der Waals surface area (Å²) in [7, 11) is 1.69. The zero-order valence-electron chi connectivity index (χ0n) is 11.8. The maximum absolute atomic E-state index is 6.48. The third-order valence-corrected chi connectivity index (χ3v) is 3.83. The first-order valence-electron chi connectivity index (χ1n) is 6.97. The number of rotatable bonds is 8. The second-order valence-corrected chi connectivity index (χ2v) is 5.42. The van der Waals surface area contributed by atoms with Crippen molar-refractivity contribution in [3.05, 3.63) is 29.3 Å². The fraction of sp³-hybridized carbons (Fsp3) is 0.625. The SMILES string of the molecule is CCCCCCCC(Cl)c1ccc(OC)cc1C. The molecule has 0 N–H and O–H groups in total. The van der Waals surface area contributed by atoms with Crippen LogP contribution in [0.5, 0.6) is 5.75 Å². The molecular weight excluding hydrogens is 244 g/mol. The number of alkyl halides is 1. The standard InChI is InChI=1S/C16H25ClO/c1-4-5-6-7-8-9-16(17)15-11-10-14(18-3)12-13(15)2/h10-12,16H,4-9H2,1-3H3. The lowest BCUT2D eigenvalue weighted by atomic mass is 10.0. The van der Waals surface area contributed by atoms with E-state index in [-0.39, 0.29) is 5.38 Å². The second-order valence-electron chi connectivity index (χ2n) is 4.89. The summed E-state index contributed by atoms with van der Waals surface area (Å²) in [5, 5.41) is 0.137. The molecule has 0 radical (unpaired) electrons. The number of hydrogen-bond donors (Lipinski definition) is 0. The fourth-order valence-corrected chi connectivity index (χ4v) is 2.61. The molecule has 0 amide bonds. The van der Waals surface area contributed by atoms with Gasteiger partial charge in [-0.3, -0.25) is 0 Å². The third-order valence-electron chi connectivity index (χ3n) is 3.38. The molecule has 0 saturated carbocycles. The molecule has 1 rings (SSSR count). The molecule has 1 aromatic carbocycles. The van der Waals surface area contributed by atoms with E-state index in [1.54, 1.807) is 7.11 Å². The summed E-state index contributed by atoms with van der Waals surface area (Å²) in [6, 6.07) is 6.15. The lowest BCUT2D eigenvalue weighted by Crippen LogP contribution is -1.95. The molecule has 18 heavy (non-hydrogen) atoms. The first kappa shape index (κ1) is 15.4. The van der Waals surface area contributed by atoms with Crippen molar-refractivity contribution in [1.82, 2.24) is 0 Å². The molecule has 0 fully saturated rings. The largest absolute Gasteiger partial charge is 0.497 e. The van der Waals surface area contributed by atoms with E-state index in [0.29, 0.717) is 0 Å². The van der Waals surface area contributed by atoms with Gasteiger partial charge in [-0.1, -0.05) is 45.1 Å². The van der Waals surface area contributed by atoms with Gasteiger partial charge in [-0.15, -0.1) is 11.6 Å². The molecule has 1 unspecified atom stereocenters. The minimum atomic E-state index is 0.137. The first-order chi connectivity index (χ1) is 8.69. The summed E-state index contributed by atoms with van der Waals surface area (Å²) in [5.41, 5.74) is 2.47. The molecule has 1 aromatic rings. The molecule has 0 spiro atoms. The Bertz CT molecular complexity index is 349. The van der Waals surface area contributed by atoms with Gasteiger partial charge in [0.2, 0.25) is 0 Å². The van der Waals surface area contributed by atoms with Crippen molar-refractivity contribution < 1.29 is 4.74 Å². The van der Waals surface area contributed by atoms with Gasteiger partial charge in [0.25, 0.3) is 0 Å². The van der Waals surface area contributed by atoms with Crippen LogP contribution in [-0.4, -0.2) is 7.11 Å². The highest BCUT2D eigenvalue weighted by atomic mass is 35.5. The topological polar surface area (TPSA) is 9.23 Å². The van der Waals surface area contributed by atoms with Crippen LogP contribution in [0.15, 0.2) is 18.2 Å². The van der Waals surface area contributed by atoms with E-state index in [9.17, 15) is 0 Å². The Morgan fingerprint density at radius 3 is 2.50 bits per heavy atom. The van der Waals surface area contributed by atoms with E-state index < -0.39 is 0 Å². The van der Waals surface area contributed by atoms with E-state index in [4.69, 9.17) is 16.3 Å². The zero-order chi connectivity index (χ0) is 13.4. The van der Waals surface area contributed by atoms with Crippen LogP contribution < -0.4 is 4.74 Å². The maximum Gasteiger partial charge on any atom is 0.119 e. The van der Waals surface area contributed by atoms with E-state index >= 15 is 0 Å². The summed E-state index contributed by atoms with van der Waals surface area (Å²) >= 11 is 6.48. The van der Waals surface area contributed by atoms with Crippen LogP contribution in [-0.2, 0) is 0 Å². The quantitative estimate of drug-likeness (QED) is 0.438. The molecule has 0 heterocycles. The predicted octanol–water partition coefficient (Wildman–Crippen LogP) is 5.64. The Morgan fingerprint density at radius 2 is 1.89 bits per heavy atom. The first-order valence-corrected chi connectivity index (χ1v) is 7.41. The number of ether oxygens (including phenoxy) is 1. The number of hydrogen-bond acceptors (Lipinski definition) is 1. The van der Waals surface area contributed by atoms with Gasteiger partial charge in [0.05, 0.1) is 12.5 Å². The van der Waals surface area contributed by atoms with Crippen molar-refractivity contribution in [3.8, 4) is 5.75 Å². The van der Waals surface area contributed by atoms with Gasteiger partial charge < -0.3 is 4.74 Å². The summed E-state index contributed by atoms with van der Waals surface area (Å²) < 4.78 is 5.21. The molecule has 1 atom stereocenters.